The average molecular weight is 212 g/mol. The Bertz CT molecular complexity index is 608. The third-order valence-corrected chi connectivity index (χ3v) is 2.58. The van der Waals surface area contributed by atoms with E-state index in [4.69, 9.17) is 0 Å². The molecule has 0 aliphatic heterocycles. The molecule has 0 aliphatic rings. The molecule has 5 nitrogen and oxygen atoms in total. The smallest absolute Gasteiger partial charge is 0.152 e. The Morgan fingerprint density at radius 2 is 2.31 bits per heavy atom. The molecule has 16 heavy (non-hydrogen) atoms. The molecule has 2 heterocycles. The molecule has 0 bridgehead atoms. The highest BCUT2D eigenvalue weighted by molar-refractivity contribution is 5.83. The van der Waals surface area contributed by atoms with Gasteiger partial charge < -0.3 is 4.98 Å². The lowest BCUT2D eigenvalue weighted by Crippen LogP contribution is -1.89. The number of nitrogens with one attached hydrogen (secondary N) is 2. The van der Waals surface area contributed by atoms with Crippen LogP contribution in [0.4, 0.5) is 0 Å². The van der Waals surface area contributed by atoms with Gasteiger partial charge in [-0.25, -0.2) is 5.10 Å². The second kappa shape index (κ2) is 3.44. The quantitative estimate of drug-likeness (QED) is 0.674. The first kappa shape index (κ1) is 9.08. The number of aromatic nitrogens is 5. The Balaban J connectivity index is 2.04. The fraction of sp³-hybridized carbons (Fsp3) is 0.182. The summed E-state index contributed by atoms with van der Waals surface area (Å²) in [5.41, 5.74) is 3.41. The third-order valence-electron chi connectivity index (χ3n) is 2.58. The standard InChI is InChI=1S/C11H10N5/c1-7-2-3-9-8(6-12-10(9)4-7)5-11-13-15-16-14-11/h2-4,12H,5H2,1H3,(H,13,14,15,16). The van der Waals surface area contributed by atoms with Gasteiger partial charge in [0.2, 0.25) is 0 Å². The fourth-order valence-electron chi connectivity index (χ4n) is 1.80. The Morgan fingerprint density at radius 3 is 3.12 bits per heavy atom. The molecule has 0 saturated heterocycles. The second-order valence-electron chi connectivity index (χ2n) is 3.80. The number of hydrogen-bond acceptors (Lipinski definition) is 3. The lowest BCUT2D eigenvalue weighted by Gasteiger charge is -1.96. The molecule has 0 saturated carbocycles. The summed E-state index contributed by atoms with van der Waals surface area (Å²) in [6.45, 7) is 2.07. The topological polar surface area (TPSA) is 70.2 Å². The van der Waals surface area contributed by atoms with Gasteiger partial charge in [-0.15, -0.1) is 5.10 Å². The lowest BCUT2D eigenvalue weighted by atomic mass is 10.1. The van der Waals surface area contributed by atoms with Crippen molar-refractivity contribution in [3.8, 4) is 0 Å². The lowest BCUT2D eigenvalue weighted by molar-refractivity contribution is 0.881. The molecule has 2 N–H and O–H groups in total. The minimum absolute atomic E-state index is 0.663. The molecule has 0 atom stereocenters. The molecule has 0 fully saturated rings. The number of aryl methyl sites for hydroxylation is 1. The summed E-state index contributed by atoms with van der Waals surface area (Å²) >= 11 is 0. The number of fused-ring (bicyclic) bond motifs is 1. The van der Waals surface area contributed by atoms with Gasteiger partial charge in [0.15, 0.2) is 5.82 Å². The van der Waals surface area contributed by atoms with Crippen molar-refractivity contribution in [2.45, 2.75) is 13.3 Å². The van der Waals surface area contributed by atoms with E-state index in [-0.39, 0.29) is 0 Å². The van der Waals surface area contributed by atoms with Gasteiger partial charge >= 0.3 is 0 Å². The van der Waals surface area contributed by atoms with Gasteiger partial charge in [-0.05, 0) is 34.5 Å². The van der Waals surface area contributed by atoms with E-state index in [0.29, 0.717) is 6.42 Å². The minimum atomic E-state index is 0.663. The highest BCUT2D eigenvalue weighted by atomic mass is 15.5. The van der Waals surface area contributed by atoms with Crippen molar-refractivity contribution in [2.24, 2.45) is 0 Å². The number of hydrogen-bond donors (Lipinski definition) is 2. The molecule has 0 spiro atoms. The van der Waals surface area contributed by atoms with E-state index in [2.05, 4.69) is 56.9 Å². The number of nitrogens with zero attached hydrogens (tertiary/aromatic N) is 3. The molecule has 0 amide bonds. The second-order valence-corrected chi connectivity index (χ2v) is 3.80. The van der Waals surface area contributed by atoms with Crippen LogP contribution in [0.15, 0.2) is 18.2 Å². The van der Waals surface area contributed by atoms with E-state index in [0.717, 1.165) is 16.9 Å². The molecular formula is C11H10N5. The number of benzene rings is 1. The first-order valence-electron chi connectivity index (χ1n) is 5.04. The summed E-state index contributed by atoms with van der Waals surface area (Å²) in [5.74, 6) is 0.748. The zero-order valence-electron chi connectivity index (χ0n) is 8.78. The van der Waals surface area contributed by atoms with Crippen LogP contribution in [-0.2, 0) is 6.42 Å². The zero-order chi connectivity index (χ0) is 11.0. The predicted molar refractivity (Wildman–Crippen MR) is 58.9 cm³/mol. The van der Waals surface area contributed by atoms with Crippen molar-refractivity contribution in [3.05, 3.63) is 41.3 Å². The van der Waals surface area contributed by atoms with Crippen LogP contribution in [0.1, 0.15) is 17.0 Å². The maximum absolute atomic E-state index is 3.86. The van der Waals surface area contributed by atoms with Gasteiger partial charge in [0.25, 0.3) is 0 Å². The Kier molecular flexibility index (Phi) is 1.96. The van der Waals surface area contributed by atoms with Crippen LogP contribution in [0.25, 0.3) is 10.9 Å². The van der Waals surface area contributed by atoms with Gasteiger partial charge in [-0.2, -0.15) is 0 Å². The van der Waals surface area contributed by atoms with Crippen LogP contribution in [0, 0.1) is 13.1 Å². The Labute approximate surface area is 91.9 Å². The summed E-state index contributed by atoms with van der Waals surface area (Å²) < 4.78 is 0. The molecule has 1 aromatic carbocycles. The first-order chi connectivity index (χ1) is 7.83. The normalized spacial score (nSPS) is 11.1. The highest BCUT2D eigenvalue weighted by Gasteiger charge is 2.07. The van der Waals surface area contributed by atoms with Crippen LogP contribution in [0.3, 0.4) is 0 Å². The van der Waals surface area contributed by atoms with E-state index in [1.54, 1.807) is 0 Å². The van der Waals surface area contributed by atoms with Gasteiger partial charge in [0.1, 0.15) is 0 Å². The largest absolute Gasteiger partial charge is 0.353 e. The molecule has 1 radical (unpaired) electrons. The molecule has 0 aliphatic carbocycles. The molecule has 2 aromatic heterocycles. The fourth-order valence-corrected chi connectivity index (χ4v) is 1.80. The zero-order valence-corrected chi connectivity index (χ0v) is 8.78. The molecule has 79 valence electrons. The Morgan fingerprint density at radius 1 is 1.38 bits per heavy atom. The Hall–Kier alpha value is -2.17. The summed E-state index contributed by atoms with van der Waals surface area (Å²) in [4.78, 5) is 3.13. The van der Waals surface area contributed by atoms with Crippen LogP contribution in [-0.4, -0.2) is 25.6 Å². The maximum Gasteiger partial charge on any atom is 0.152 e. The van der Waals surface area contributed by atoms with Crippen molar-refractivity contribution < 1.29 is 0 Å². The SMILES string of the molecule is Cc1ccc2c(Cc3nnn[nH]3)[c][nH]c2c1. The summed E-state index contributed by atoms with van der Waals surface area (Å²) in [6, 6.07) is 6.29. The summed E-state index contributed by atoms with van der Waals surface area (Å²) in [6.07, 6.45) is 3.80. The average Bonchev–Trinajstić information content (AvgIpc) is 2.89. The maximum atomic E-state index is 3.86. The van der Waals surface area contributed by atoms with Gasteiger partial charge in [0, 0.05) is 17.3 Å². The van der Waals surface area contributed by atoms with Gasteiger partial charge in [-0.3, -0.25) is 0 Å². The number of aromatic amines is 2. The molecule has 0 unspecified atom stereocenters. The molecule has 5 heteroatoms. The van der Waals surface area contributed by atoms with Crippen molar-refractivity contribution in [2.75, 3.05) is 0 Å². The summed E-state index contributed by atoms with van der Waals surface area (Å²) in [7, 11) is 0. The van der Waals surface area contributed by atoms with Crippen LogP contribution < -0.4 is 0 Å². The van der Waals surface area contributed by atoms with Crippen LogP contribution >= 0.6 is 0 Å². The van der Waals surface area contributed by atoms with E-state index in [1.807, 2.05) is 0 Å². The predicted octanol–water partition coefficient (Wildman–Crippen LogP) is 1.38. The number of tetrazole rings is 1. The van der Waals surface area contributed by atoms with E-state index < -0.39 is 0 Å². The number of H-pyrrole nitrogens is 2. The first-order valence-corrected chi connectivity index (χ1v) is 5.04. The van der Waals surface area contributed by atoms with Crippen molar-refractivity contribution >= 4 is 10.9 Å². The van der Waals surface area contributed by atoms with Crippen LogP contribution in [0.2, 0.25) is 0 Å². The highest BCUT2D eigenvalue weighted by Crippen LogP contribution is 2.20. The van der Waals surface area contributed by atoms with E-state index >= 15 is 0 Å². The molecule has 3 rings (SSSR count). The van der Waals surface area contributed by atoms with Gasteiger partial charge in [0.05, 0.1) is 6.20 Å². The van der Waals surface area contributed by atoms with Crippen molar-refractivity contribution in [1.29, 1.82) is 0 Å². The van der Waals surface area contributed by atoms with E-state index in [1.165, 1.54) is 10.9 Å². The summed E-state index contributed by atoms with van der Waals surface area (Å²) in [5, 5.41) is 14.9. The van der Waals surface area contributed by atoms with Crippen molar-refractivity contribution in [1.82, 2.24) is 25.6 Å². The monoisotopic (exact) mass is 212 g/mol. The van der Waals surface area contributed by atoms with Gasteiger partial charge in [-0.1, -0.05) is 12.1 Å². The van der Waals surface area contributed by atoms with Crippen molar-refractivity contribution in [3.63, 3.8) is 0 Å². The van der Waals surface area contributed by atoms with Crippen LogP contribution in [0.5, 0.6) is 0 Å². The molecule has 3 aromatic rings. The minimum Gasteiger partial charge on any atom is -0.353 e. The number of rotatable bonds is 2. The third kappa shape index (κ3) is 1.46. The van der Waals surface area contributed by atoms with E-state index in [9.17, 15) is 0 Å². The molecular weight excluding hydrogens is 202 g/mol.